The van der Waals surface area contributed by atoms with E-state index in [1.807, 2.05) is 0 Å². The van der Waals surface area contributed by atoms with Crippen LogP contribution in [0.15, 0.2) is 33.2 Å². The van der Waals surface area contributed by atoms with E-state index in [2.05, 4.69) is 29.9 Å². The zero-order valence-electron chi connectivity index (χ0n) is 11.4. The first kappa shape index (κ1) is 14.1. The van der Waals surface area contributed by atoms with Crippen molar-refractivity contribution in [1.82, 2.24) is 24.7 Å². The summed E-state index contributed by atoms with van der Waals surface area (Å²) in [5.74, 6) is -0.330. The summed E-state index contributed by atoms with van der Waals surface area (Å²) in [5.41, 5.74) is 0.594. The lowest BCUT2D eigenvalue weighted by Gasteiger charge is -2.00. The maximum Gasteiger partial charge on any atom is 0.442 e. The van der Waals surface area contributed by atoms with Crippen molar-refractivity contribution in [1.29, 1.82) is 0 Å². The van der Waals surface area contributed by atoms with Crippen LogP contribution < -0.4 is 11.1 Å². The lowest BCUT2D eigenvalue weighted by molar-refractivity contribution is -0.114. The van der Waals surface area contributed by atoms with Gasteiger partial charge in [0.15, 0.2) is 11.0 Å². The molecule has 0 aliphatic rings. The number of carbonyl (C=O) groups excluding carboxylic acids is 1. The first-order valence-corrected chi connectivity index (χ1v) is 7.07. The summed E-state index contributed by atoms with van der Waals surface area (Å²) in [5, 5.41) is 8.48. The van der Waals surface area contributed by atoms with Gasteiger partial charge in [-0.1, -0.05) is 5.16 Å². The SMILES string of the molecule is CC(=O)Nc1nc(Cn2c(-c3ncccn3)noc2=O)cs1. The van der Waals surface area contributed by atoms with Gasteiger partial charge < -0.3 is 5.32 Å². The highest BCUT2D eigenvalue weighted by Crippen LogP contribution is 2.17. The Balaban J connectivity index is 1.90. The molecule has 0 saturated carbocycles. The molecule has 22 heavy (non-hydrogen) atoms. The Morgan fingerprint density at radius 3 is 2.91 bits per heavy atom. The van der Waals surface area contributed by atoms with Gasteiger partial charge in [-0.3, -0.25) is 9.32 Å². The molecular formula is C12H10N6O3S. The number of carbonyl (C=O) groups is 1. The second-order valence-electron chi connectivity index (χ2n) is 4.26. The fourth-order valence-corrected chi connectivity index (χ4v) is 2.48. The molecule has 1 N–H and O–H groups in total. The zero-order valence-corrected chi connectivity index (χ0v) is 12.2. The summed E-state index contributed by atoms with van der Waals surface area (Å²) in [6.07, 6.45) is 3.09. The predicted octanol–water partition coefficient (Wildman–Crippen LogP) is 0.756. The average Bonchev–Trinajstić information content (AvgIpc) is 3.08. The summed E-state index contributed by atoms with van der Waals surface area (Å²) in [4.78, 5) is 35.1. The molecule has 0 fully saturated rings. The van der Waals surface area contributed by atoms with Crippen LogP contribution in [-0.4, -0.2) is 30.6 Å². The summed E-state index contributed by atoms with van der Waals surface area (Å²) < 4.78 is 5.96. The predicted molar refractivity (Wildman–Crippen MR) is 77.3 cm³/mol. The smallest absolute Gasteiger partial charge is 0.302 e. The first-order chi connectivity index (χ1) is 10.6. The largest absolute Gasteiger partial charge is 0.442 e. The number of amides is 1. The molecule has 3 aromatic heterocycles. The molecule has 9 nitrogen and oxygen atoms in total. The van der Waals surface area contributed by atoms with Crippen LogP contribution in [0.1, 0.15) is 12.6 Å². The van der Waals surface area contributed by atoms with Gasteiger partial charge >= 0.3 is 5.76 Å². The van der Waals surface area contributed by atoms with Gasteiger partial charge in [0.1, 0.15) is 0 Å². The first-order valence-electron chi connectivity index (χ1n) is 6.19. The Labute approximate surface area is 127 Å². The van der Waals surface area contributed by atoms with Crippen LogP contribution in [0.2, 0.25) is 0 Å². The Morgan fingerprint density at radius 2 is 2.18 bits per heavy atom. The van der Waals surface area contributed by atoms with Crippen molar-refractivity contribution in [3.05, 3.63) is 40.1 Å². The normalized spacial score (nSPS) is 10.6. The standard InChI is InChI=1S/C12H10N6O3S/c1-7(19)15-11-16-8(6-22-11)5-18-10(17-21-12(18)20)9-13-3-2-4-14-9/h2-4,6H,5H2,1H3,(H,15,16,19). The number of hydrogen-bond acceptors (Lipinski definition) is 8. The highest BCUT2D eigenvalue weighted by atomic mass is 32.1. The third-order valence-electron chi connectivity index (χ3n) is 2.61. The molecule has 10 heteroatoms. The van der Waals surface area contributed by atoms with E-state index < -0.39 is 5.76 Å². The average molecular weight is 318 g/mol. The molecular weight excluding hydrogens is 308 g/mol. The molecule has 0 bridgehead atoms. The van der Waals surface area contributed by atoms with Gasteiger partial charge in [0.05, 0.1) is 12.2 Å². The van der Waals surface area contributed by atoms with Crippen LogP contribution in [0.25, 0.3) is 11.6 Å². The van der Waals surface area contributed by atoms with Gasteiger partial charge in [-0.2, -0.15) is 0 Å². The van der Waals surface area contributed by atoms with Gasteiger partial charge in [-0.15, -0.1) is 11.3 Å². The molecule has 3 rings (SSSR count). The minimum absolute atomic E-state index is 0.145. The third-order valence-corrected chi connectivity index (χ3v) is 3.41. The van der Waals surface area contributed by atoms with Crippen molar-refractivity contribution >= 4 is 22.4 Å². The van der Waals surface area contributed by atoms with Crippen LogP contribution in [0, 0.1) is 0 Å². The molecule has 1 amide bonds. The fourth-order valence-electron chi connectivity index (χ4n) is 1.73. The summed E-state index contributed by atoms with van der Waals surface area (Å²) >= 11 is 1.27. The quantitative estimate of drug-likeness (QED) is 0.754. The second-order valence-corrected chi connectivity index (χ2v) is 5.11. The molecule has 3 aromatic rings. The van der Waals surface area contributed by atoms with Crippen molar-refractivity contribution in [3.8, 4) is 11.6 Å². The molecule has 0 aliphatic carbocycles. The Kier molecular flexibility index (Phi) is 3.74. The van der Waals surface area contributed by atoms with Crippen LogP contribution in [-0.2, 0) is 11.3 Å². The van der Waals surface area contributed by atoms with Crippen LogP contribution in [0.5, 0.6) is 0 Å². The Morgan fingerprint density at radius 1 is 1.41 bits per heavy atom. The van der Waals surface area contributed by atoms with E-state index in [-0.39, 0.29) is 24.1 Å². The monoisotopic (exact) mass is 318 g/mol. The highest BCUT2D eigenvalue weighted by Gasteiger charge is 2.16. The summed E-state index contributed by atoms with van der Waals surface area (Å²) in [6, 6.07) is 1.66. The number of aromatic nitrogens is 5. The minimum Gasteiger partial charge on any atom is -0.302 e. The fraction of sp³-hybridized carbons (Fsp3) is 0.167. The van der Waals surface area contributed by atoms with E-state index in [1.54, 1.807) is 23.8 Å². The number of hydrogen-bond donors (Lipinski definition) is 1. The molecule has 0 aromatic carbocycles. The maximum atomic E-state index is 11.8. The number of nitrogens with one attached hydrogen (secondary N) is 1. The highest BCUT2D eigenvalue weighted by molar-refractivity contribution is 7.13. The topological polar surface area (TPSA) is 116 Å². The van der Waals surface area contributed by atoms with Gasteiger partial charge in [0.2, 0.25) is 11.7 Å². The van der Waals surface area contributed by atoms with Crippen molar-refractivity contribution in [2.45, 2.75) is 13.5 Å². The van der Waals surface area contributed by atoms with E-state index in [4.69, 9.17) is 0 Å². The van der Waals surface area contributed by atoms with Gasteiger partial charge in [0.25, 0.3) is 0 Å². The number of thiazole rings is 1. The molecule has 0 unspecified atom stereocenters. The number of nitrogens with zero attached hydrogens (tertiary/aromatic N) is 5. The van der Waals surface area contributed by atoms with Crippen LogP contribution in [0.4, 0.5) is 5.13 Å². The zero-order chi connectivity index (χ0) is 15.5. The van der Waals surface area contributed by atoms with Crippen LogP contribution >= 0.6 is 11.3 Å². The maximum absolute atomic E-state index is 11.8. The molecule has 112 valence electrons. The second kappa shape index (κ2) is 5.85. The lowest BCUT2D eigenvalue weighted by Crippen LogP contribution is -2.17. The van der Waals surface area contributed by atoms with Crippen molar-refractivity contribution in [3.63, 3.8) is 0 Å². The van der Waals surface area contributed by atoms with Crippen molar-refractivity contribution in [2.75, 3.05) is 5.32 Å². The molecule has 3 heterocycles. The molecule has 0 spiro atoms. The van der Waals surface area contributed by atoms with Gasteiger partial charge in [-0.25, -0.2) is 24.3 Å². The summed E-state index contributed by atoms with van der Waals surface area (Å²) in [7, 11) is 0. The molecule has 0 radical (unpaired) electrons. The number of anilines is 1. The van der Waals surface area contributed by atoms with E-state index in [1.165, 1.54) is 22.8 Å². The molecule has 0 saturated heterocycles. The van der Waals surface area contributed by atoms with Crippen molar-refractivity contribution < 1.29 is 9.32 Å². The van der Waals surface area contributed by atoms with Gasteiger partial charge in [0, 0.05) is 24.7 Å². The molecule has 0 atom stereocenters. The van der Waals surface area contributed by atoms with Gasteiger partial charge in [-0.05, 0) is 6.07 Å². The lowest BCUT2D eigenvalue weighted by atomic mass is 10.4. The Bertz CT molecular complexity index is 853. The van der Waals surface area contributed by atoms with E-state index in [0.29, 0.717) is 10.8 Å². The third kappa shape index (κ3) is 2.91. The van der Waals surface area contributed by atoms with Crippen LogP contribution in [0.3, 0.4) is 0 Å². The number of rotatable bonds is 4. The van der Waals surface area contributed by atoms with E-state index >= 15 is 0 Å². The molecule has 0 aliphatic heterocycles. The van der Waals surface area contributed by atoms with Crippen molar-refractivity contribution in [2.24, 2.45) is 0 Å². The van der Waals surface area contributed by atoms with E-state index in [0.717, 1.165) is 0 Å². The summed E-state index contributed by atoms with van der Waals surface area (Å²) in [6.45, 7) is 1.54. The Hall–Kier alpha value is -2.88. The van der Waals surface area contributed by atoms with E-state index in [9.17, 15) is 9.59 Å². The minimum atomic E-state index is -0.628.